The fourth-order valence-corrected chi connectivity index (χ4v) is 3.16. The van der Waals surface area contributed by atoms with Gasteiger partial charge in [-0.15, -0.1) is 10.2 Å². The summed E-state index contributed by atoms with van der Waals surface area (Å²) in [7, 11) is 0. The van der Waals surface area contributed by atoms with Gasteiger partial charge in [0.05, 0.1) is 6.21 Å². The molecule has 1 aromatic rings. The first-order valence-electron chi connectivity index (χ1n) is 6.91. The molecule has 1 saturated carbocycles. The number of anilines is 1. The number of hydrogen-bond acceptors (Lipinski definition) is 5. The molecule has 2 bridgehead atoms. The monoisotopic (exact) mass is 273 g/mol. The number of hydrazone groups is 1. The van der Waals surface area contributed by atoms with Crippen molar-refractivity contribution in [2.45, 2.75) is 33.6 Å². The van der Waals surface area contributed by atoms with Gasteiger partial charge in [0, 0.05) is 0 Å². The highest BCUT2D eigenvalue weighted by atomic mass is 16.1. The fourth-order valence-electron chi connectivity index (χ4n) is 3.16. The van der Waals surface area contributed by atoms with Crippen LogP contribution < -0.4 is 11.0 Å². The van der Waals surface area contributed by atoms with Crippen LogP contribution in [0.1, 0.15) is 32.4 Å². The Morgan fingerprint density at radius 2 is 2.30 bits per heavy atom. The molecule has 0 amide bonds. The van der Waals surface area contributed by atoms with Crippen LogP contribution in [0.3, 0.4) is 0 Å². The molecule has 2 N–H and O–H groups in total. The van der Waals surface area contributed by atoms with Crippen molar-refractivity contribution in [1.82, 2.24) is 15.2 Å². The van der Waals surface area contributed by atoms with Crippen LogP contribution >= 0.6 is 0 Å². The van der Waals surface area contributed by atoms with E-state index < -0.39 is 0 Å². The van der Waals surface area contributed by atoms with Crippen LogP contribution in [-0.2, 0) is 0 Å². The highest BCUT2D eigenvalue weighted by Crippen LogP contribution is 2.58. The van der Waals surface area contributed by atoms with Gasteiger partial charge in [-0.3, -0.25) is 9.78 Å². The lowest BCUT2D eigenvalue weighted by atomic mass is 9.49. The van der Waals surface area contributed by atoms with Crippen LogP contribution in [0.5, 0.6) is 0 Å². The van der Waals surface area contributed by atoms with E-state index >= 15 is 0 Å². The number of rotatable bonds is 3. The Kier molecular flexibility index (Phi) is 2.96. The Bertz CT molecular complexity index is 643. The maximum atomic E-state index is 11.4. The predicted molar refractivity (Wildman–Crippen MR) is 77.6 cm³/mol. The average molecular weight is 273 g/mol. The van der Waals surface area contributed by atoms with Crippen LogP contribution in [0.15, 0.2) is 21.5 Å². The van der Waals surface area contributed by atoms with Gasteiger partial charge in [-0.05, 0) is 42.6 Å². The summed E-state index contributed by atoms with van der Waals surface area (Å²) in [5, 5.41) is 11.7. The number of aryl methyl sites for hydroxylation is 1. The fraction of sp³-hybridized carbons (Fsp3) is 0.571. The summed E-state index contributed by atoms with van der Waals surface area (Å²) >= 11 is 0. The lowest BCUT2D eigenvalue weighted by Crippen LogP contribution is -2.48. The molecule has 6 heteroatoms. The first-order valence-corrected chi connectivity index (χ1v) is 6.91. The molecule has 0 unspecified atom stereocenters. The maximum absolute atomic E-state index is 11.4. The normalized spacial score (nSPS) is 27.1. The summed E-state index contributed by atoms with van der Waals surface area (Å²) in [6.07, 6.45) is 6.48. The molecule has 0 saturated heterocycles. The Morgan fingerprint density at radius 1 is 1.50 bits per heavy atom. The summed E-state index contributed by atoms with van der Waals surface area (Å²) in [5.41, 5.74) is 4.47. The zero-order valence-corrected chi connectivity index (χ0v) is 12.0. The van der Waals surface area contributed by atoms with E-state index in [0.717, 1.165) is 12.3 Å². The van der Waals surface area contributed by atoms with Gasteiger partial charge >= 0.3 is 0 Å². The lowest BCUT2D eigenvalue weighted by molar-refractivity contribution is -0.00124. The molecule has 20 heavy (non-hydrogen) atoms. The Morgan fingerprint density at radius 3 is 2.95 bits per heavy atom. The molecule has 0 spiro atoms. The summed E-state index contributed by atoms with van der Waals surface area (Å²) in [6.45, 7) is 6.26. The van der Waals surface area contributed by atoms with Crippen molar-refractivity contribution in [2.24, 2.45) is 22.4 Å². The van der Waals surface area contributed by atoms with Crippen LogP contribution in [0.4, 0.5) is 5.95 Å². The van der Waals surface area contributed by atoms with Crippen molar-refractivity contribution in [2.75, 3.05) is 5.43 Å². The average Bonchev–Trinajstić information content (AvgIpc) is 2.43. The van der Waals surface area contributed by atoms with Gasteiger partial charge in [0.1, 0.15) is 5.69 Å². The van der Waals surface area contributed by atoms with Crippen LogP contribution in [0.2, 0.25) is 0 Å². The van der Waals surface area contributed by atoms with Gasteiger partial charge in [-0.1, -0.05) is 19.9 Å². The largest absolute Gasteiger partial charge is 0.288 e. The molecule has 106 valence electrons. The van der Waals surface area contributed by atoms with Crippen molar-refractivity contribution in [3.05, 3.63) is 27.7 Å². The number of H-pyrrole nitrogens is 1. The first kappa shape index (κ1) is 13.0. The molecule has 3 aliphatic rings. The molecule has 0 radical (unpaired) electrons. The topological polar surface area (TPSA) is 83.0 Å². The summed E-state index contributed by atoms with van der Waals surface area (Å²) in [5.74, 6) is 1.67. The molecular formula is C14H19N5O. The van der Waals surface area contributed by atoms with Crippen molar-refractivity contribution < 1.29 is 0 Å². The minimum atomic E-state index is -0.252. The molecule has 0 aliphatic heterocycles. The number of nitrogens with zero attached hydrogens (tertiary/aromatic N) is 3. The SMILES string of the molecule is Cc1nnc(NN=CC2=CC[C@H]3C[C@H]2C3(C)C)[nH]c1=O. The lowest BCUT2D eigenvalue weighted by Gasteiger charge is -2.55. The second-order valence-corrected chi connectivity index (χ2v) is 6.20. The number of aromatic nitrogens is 3. The van der Waals surface area contributed by atoms with Gasteiger partial charge in [0.25, 0.3) is 5.56 Å². The molecule has 1 aromatic heterocycles. The van der Waals surface area contributed by atoms with E-state index in [0.29, 0.717) is 17.0 Å². The molecule has 1 fully saturated rings. The third-order valence-electron chi connectivity index (χ3n) is 4.76. The van der Waals surface area contributed by atoms with Gasteiger partial charge in [0.15, 0.2) is 0 Å². The zero-order valence-electron chi connectivity index (χ0n) is 12.0. The number of allylic oxidation sites excluding steroid dienone is 2. The molecule has 3 aliphatic carbocycles. The third kappa shape index (κ3) is 2.05. The van der Waals surface area contributed by atoms with E-state index in [9.17, 15) is 4.79 Å². The molecule has 1 heterocycles. The minimum absolute atomic E-state index is 0.252. The standard InChI is InChI=1S/C14H19N5O/c1-8-12(20)16-13(19-17-8)18-15-7-9-4-5-10-6-11(9)14(10,2)3/h4,7,10-11H,5-6H2,1-3H3,(H2,16,18,19,20)/t10-,11+/m0/s1. The van der Waals surface area contributed by atoms with Crippen molar-refractivity contribution in [1.29, 1.82) is 0 Å². The Labute approximate surface area is 117 Å². The second-order valence-electron chi connectivity index (χ2n) is 6.20. The van der Waals surface area contributed by atoms with Crippen LogP contribution in [-0.4, -0.2) is 21.4 Å². The van der Waals surface area contributed by atoms with E-state index in [-0.39, 0.29) is 11.5 Å². The number of nitrogens with one attached hydrogen (secondary N) is 2. The second kappa shape index (κ2) is 4.54. The highest BCUT2D eigenvalue weighted by molar-refractivity contribution is 5.81. The number of fused-ring (bicyclic) bond motifs is 1. The van der Waals surface area contributed by atoms with Crippen LogP contribution in [0.25, 0.3) is 0 Å². The molecular weight excluding hydrogens is 254 g/mol. The van der Waals surface area contributed by atoms with E-state index in [1.54, 1.807) is 6.92 Å². The van der Waals surface area contributed by atoms with Crippen molar-refractivity contribution in [3.8, 4) is 0 Å². The van der Waals surface area contributed by atoms with Crippen molar-refractivity contribution >= 4 is 12.2 Å². The Hall–Kier alpha value is -1.98. The smallest absolute Gasteiger partial charge is 0.274 e. The van der Waals surface area contributed by atoms with Crippen LogP contribution in [0, 0.1) is 24.2 Å². The first-order chi connectivity index (χ1) is 9.48. The van der Waals surface area contributed by atoms with E-state index in [4.69, 9.17) is 0 Å². The van der Waals surface area contributed by atoms with Gasteiger partial charge in [0.2, 0.25) is 5.95 Å². The molecule has 6 nitrogen and oxygen atoms in total. The van der Waals surface area contributed by atoms with Gasteiger partial charge < -0.3 is 0 Å². The minimum Gasteiger partial charge on any atom is -0.288 e. The summed E-state index contributed by atoms with van der Waals surface area (Å²) in [6, 6.07) is 0. The maximum Gasteiger partial charge on any atom is 0.274 e. The van der Waals surface area contributed by atoms with E-state index in [2.05, 4.69) is 45.6 Å². The van der Waals surface area contributed by atoms with E-state index in [1.807, 2.05) is 6.21 Å². The van der Waals surface area contributed by atoms with E-state index in [1.165, 1.54) is 12.0 Å². The number of hydrogen-bond donors (Lipinski definition) is 2. The van der Waals surface area contributed by atoms with Crippen molar-refractivity contribution in [3.63, 3.8) is 0 Å². The molecule has 2 atom stereocenters. The summed E-state index contributed by atoms with van der Waals surface area (Å²) < 4.78 is 0. The predicted octanol–water partition coefficient (Wildman–Crippen LogP) is 1.86. The quantitative estimate of drug-likeness (QED) is 0.650. The van der Waals surface area contributed by atoms with Gasteiger partial charge in [-0.25, -0.2) is 5.43 Å². The summed E-state index contributed by atoms with van der Waals surface area (Å²) in [4.78, 5) is 14.0. The van der Waals surface area contributed by atoms with Gasteiger partial charge in [-0.2, -0.15) is 5.10 Å². The third-order valence-corrected chi connectivity index (χ3v) is 4.76. The number of aromatic amines is 1. The molecule has 4 rings (SSSR count). The Balaban J connectivity index is 1.68. The molecule has 0 aromatic carbocycles. The highest BCUT2D eigenvalue weighted by Gasteiger charge is 2.50. The zero-order chi connectivity index (χ0) is 14.3.